The SMILES string of the molecule is COC1=CC[C-]=C1c1[c-]ccc[n+]1C.[Y]. The summed E-state index contributed by atoms with van der Waals surface area (Å²) < 4.78 is 7.28. The maximum Gasteiger partial charge on any atom is 0.124 e. The van der Waals surface area contributed by atoms with Crippen molar-refractivity contribution in [3.05, 3.63) is 48.0 Å². The number of hydrogen-bond donors (Lipinski definition) is 0. The number of methoxy groups -OCH3 is 1. The van der Waals surface area contributed by atoms with Gasteiger partial charge in [0.15, 0.2) is 0 Å². The van der Waals surface area contributed by atoms with Crippen LogP contribution in [-0.2, 0) is 44.5 Å². The molecule has 1 aliphatic carbocycles. The van der Waals surface area contributed by atoms with Crippen LogP contribution in [0.15, 0.2) is 30.2 Å². The molecule has 0 aliphatic heterocycles. The molecule has 1 aliphatic rings. The van der Waals surface area contributed by atoms with Crippen LogP contribution in [0.5, 0.6) is 0 Å². The monoisotopic (exact) mass is 275 g/mol. The van der Waals surface area contributed by atoms with Crippen molar-refractivity contribution < 1.29 is 42.0 Å². The molecule has 1 heterocycles. The van der Waals surface area contributed by atoms with Gasteiger partial charge < -0.3 is 4.74 Å². The Kier molecular flexibility index (Phi) is 4.68. The molecule has 0 atom stereocenters. The molecule has 0 amide bonds. The Morgan fingerprint density at radius 1 is 1.47 bits per heavy atom. The number of pyridine rings is 1. The molecular weight excluding hydrogens is 263 g/mol. The van der Waals surface area contributed by atoms with Crippen LogP contribution in [0, 0.1) is 12.1 Å². The number of aromatic nitrogens is 1. The molecule has 15 heavy (non-hydrogen) atoms. The van der Waals surface area contributed by atoms with Gasteiger partial charge in [-0.1, -0.05) is 12.5 Å². The minimum Gasteiger partial charge on any atom is -0.566 e. The van der Waals surface area contributed by atoms with Gasteiger partial charge in [-0.3, -0.25) is 10.6 Å². The zero-order valence-corrected chi connectivity index (χ0v) is 11.8. The number of rotatable bonds is 2. The fraction of sp³-hybridized carbons (Fsp3) is 0.250. The van der Waals surface area contributed by atoms with E-state index >= 15 is 0 Å². The fourth-order valence-corrected chi connectivity index (χ4v) is 1.54. The topological polar surface area (TPSA) is 13.1 Å². The molecule has 1 aromatic rings. The fourth-order valence-electron chi connectivity index (χ4n) is 1.54. The summed E-state index contributed by atoms with van der Waals surface area (Å²) in [6, 6.07) is 7.04. The van der Waals surface area contributed by atoms with E-state index in [1.54, 1.807) is 7.11 Å². The molecular formula is C12H12NOY-. The van der Waals surface area contributed by atoms with Gasteiger partial charge in [0.2, 0.25) is 0 Å². The van der Waals surface area contributed by atoms with E-state index in [0.717, 1.165) is 23.4 Å². The average molecular weight is 275 g/mol. The van der Waals surface area contributed by atoms with E-state index in [1.165, 1.54) is 0 Å². The van der Waals surface area contributed by atoms with E-state index in [-0.39, 0.29) is 32.7 Å². The van der Waals surface area contributed by atoms with Crippen molar-refractivity contribution in [2.24, 2.45) is 7.05 Å². The van der Waals surface area contributed by atoms with Crippen molar-refractivity contribution in [3.8, 4) is 0 Å². The predicted molar refractivity (Wildman–Crippen MR) is 52.8 cm³/mol. The molecule has 0 fully saturated rings. The third kappa shape index (κ3) is 2.56. The van der Waals surface area contributed by atoms with E-state index in [4.69, 9.17) is 4.74 Å². The summed E-state index contributed by atoms with van der Waals surface area (Å²) in [7, 11) is 3.67. The van der Waals surface area contributed by atoms with Crippen LogP contribution >= 0.6 is 0 Å². The summed E-state index contributed by atoms with van der Waals surface area (Å²) in [4.78, 5) is 0. The Bertz CT molecular complexity index is 410. The normalized spacial score (nSPS) is 14.0. The summed E-state index contributed by atoms with van der Waals surface area (Å²) in [6.45, 7) is 0. The van der Waals surface area contributed by atoms with Crippen molar-refractivity contribution in [1.29, 1.82) is 0 Å². The van der Waals surface area contributed by atoms with E-state index in [0.29, 0.717) is 0 Å². The van der Waals surface area contributed by atoms with Gasteiger partial charge in [-0.15, -0.1) is 6.08 Å². The molecule has 0 bridgehead atoms. The van der Waals surface area contributed by atoms with Gasteiger partial charge in [0.1, 0.15) is 13.2 Å². The van der Waals surface area contributed by atoms with Gasteiger partial charge in [-0.25, -0.2) is 0 Å². The zero-order valence-electron chi connectivity index (χ0n) is 8.95. The first-order valence-corrected chi connectivity index (χ1v) is 4.55. The second-order valence-corrected chi connectivity index (χ2v) is 3.14. The third-order valence-electron chi connectivity index (χ3n) is 2.25. The van der Waals surface area contributed by atoms with Crippen molar-refractivity contribution in [3.63, 3.8) is 0 Å². The molecule has 1 radical (unpaired) electrons. The van der Waals surface area contributed by atoms with Crippen molar-refractivity contribution in [2.75, 3.05) is 7.11 Å². The van der Waals surface area contributed by atoms with Crippen LogP contribution in [0.1, 0.15) is 12.1 Å². The first-order valence-electron chi connectivity index (χ1n) is 4.55. The summed E-state index contributed by atoms with van der Waals surface area (Å²) in [5.41, 5.74) is 2.02. The standard InChI is InChI=1S/C12H12NO.Y/c1-13-9-4-3-7-11(13)10-6-5-8-12(10)14-2;/h3-4,8-9H,5H2,1-2H3;/q-1;. The minimum atomic E-state index is 0. The first-order chi connectivity index (χ1) is 6.83. The van der Waals surface area contributed by atoms with Gasteiger partial charge >= 0.3 is 0 Å². The Morgan fingerprint density at radius 3 is 2.93 bits per heavy atom. The van der Waals surface area contributed by atoms with E-state index < -0.39 is 0 Å². The van der Waals surface area contributed by atoms with E-state index in [2.05, 4.69) is 12.1 Å². The minimum absolute atomic E-state index is 0. The molecule has 75 valence electrons. The smallest absolute Gasteiger partial charge is 0.124 e. The predicted octanol–water partition coefficient (Wildman–Crippen LogP) is 1.43. The number of hydrogen-bond acceptors (Lipinski definition) is 1. The first kappa shape index (κ1) is 12.6. The van der Waals surface area contributed by atoms with Crippen LogP contribution in [-0.4, -0.2) is 7.11 Å². The summed E-state index contributed by atoms with van der Waals surface area (Å²) in [5, 5.41) is 0. The molecule has 0 N–H and O–H groups in total. The Hall–Kier alpha value is -0.466. The molecule has 2 rings (SSSR count). The molecule has 2 nitrogen and oxygen atoms in total. The second-order valence-electron chi connectivity index (χ2n) is 3.14. The largest absolute Gasteiger partial charge is 0.566 e. The number of aryl methyl sites for hydroxylation is 1. The molecule has 1 aromatic heterocycles. The summed E-state index contributed by atoms with van der Waals surface area (Å²) in [5.74, 6) is 0.892. The maximum atomic E-state index is 5.26. The van der Waals surface area contributed by atoms with E-state index in [1.807, 2.05) is 36.0 Å². The van der Waals surface area contributed by atoms with Crippen LogP contribution in [0.25, 0.3) is 5.57 Å². The van der Waals surface area contributed by atoms with Gasteiger partial charge in [0.05, 0.1) is 7.11 Å². The van der Waals surface area contributed by atoms with Gasteiger partial charge in [-0.05, 0) is 11.5 Å². The second kappa shape index (κ2) is 5.57. The molecule has 0 aromatic carbocycles. The van der Waals surface area contributed by atoms with Crippen molar-refractivity contribution in [2.45, 2.75) is 6.42 Å². The molecule has 0 unspecified atom stereocenters. The van der Waals surface area contributed by atoms with Gasteiger partial charge in [0.25, 0.3) is 0 Å². The van der Waals surface area contributed by atoms with Crippen LogP contribution in [0.3, 0.4) is 0 Å². The van der Waals surface area contributed by atoms with Crippen LogP contribution < -0.4 is 4.57 Å². The van der Waals surface area contributed by atoms with Crippen molar-refractivity contribution >= 4 is 5.57 Å². The summed E-state index contributed by atoms with van der Waals surface area (Å²) in [6.07, 6.45) is 8.10. The molecule has 0 spiro atoms. The Balaban J connectivity index is 0.00000112. The molecule has 3 heteroatoms. The Labute approximate surface area is 116 Å². The van der Waals surface area contributed by atoms with Crippen LogP contribution in [0.2, 0.25) is 0 Å². The average Bonchev–Trinajstić information content (AvgIpc) is 2.66. The molecule has 0 saturated carbocycles. The quantitative estimate of drug-likeness (QED) is 0.588. The number of allylic oxidation sites excluding steroid dienone is 3. The zero-order chi connectivity index (χ0) is 9.97. The van der Waals surface area contributed by atoms with Crippen LogP contribution in [0.4, 0.5) is 0 Å². The third-order valence-corrected chi connectivity index (χ3v) is 2.25. The van der Waals surface area contributed by atoms with Crippen molar-refractivity contribution in [1.82, 2.24) is 0 Å². The Morgan fingerprint density at radius 2 is 2.27 bits per heavy atom. The summed E-state index contributed by atoms with van der Waals surface area (Å²) >= 11 is 0. The maximum absolute atomic E-state index is 5.26. The van der Waals surface area contributed by atoms with E-state index in [9.17, 15) is 0 Å². The van der Waals surface area contributed by atoms with Gasteiger partial charge in [0, 0.05) is 32.7 Å². The molecule has 0 saturated heterocycles. The van der Waals surface area contributed by atoms with Gasteiger partial charge in [-0.2, -0.15) is 17.7 Å². The number of ether oxygens (including phenoxy) is 1. The number of nitrogens with zero attached hydrogens (tertiary/aromatic N) is 1.